The lowest BCUT2D eigenvalue weighted by Crippen LogP contribution is -2.13. The second-order valence-electron chi connectivity index (χ2n) is 4.69. The molecule has 2 aromatic rings. The summed E-state index contributed by atoms with van der Waals surface area (Å²) < 4.78 is 13.5. The Kier molecular flexibility index (Phi) is 3.98. The summed E-state index contributed by atoms with van der Waals surface area (Å²) >= 11 is 0. The molecule has 0 fully saturated rings. The first kappa shape index (κ1) is 14.0. The maximum absolute atomic E-state index is 13.5. The first-order valence-corrected chi connectivity index (χ1v) is 6.22. The van der Waals surface area contributed by atoms with E-state index in [0.29, 0.717) is 17.7 Å². The van der Waals surface area contributed by atoms with Crippen molar-refractivity contribution >= 4 is 11.6 Å². The molecule has 5 heteroatoms. The van der Waals surface area contributed by atoms with E-state index in [2.05, 4.69) is 10.3 Å². The molecule has 1 heterocycles. The first-order chi connectivity index (χ1) is 9.47. The Balaban J connectivity index is 2.13. The average Bonchev–Trinajstić information content (AvgIpc) is 2.42. The molecule has 3 N–H and O–H groups in total. The number of hydrogen-bond acceptors (Lipinski definition) is 3. The van der Waals surface area contributed by atoms with Gasteiger partial charge in [0.15, 0.2) is 0 Å². The van der Waals surface area contributed by atoms with Crippen LogP contribution in [-0.2, 0) is 6.54 Å². The molecule has 0 aliphatic carbocycles. The van der Waals surface area contributed by atoms with Gasteiger partial charge in [0.2, 0.25) is 0 Å². The minimum atomic E-state index is -0.567. The third kappa shape index (κ3) is 3.12. The van der Waals surface area contributed by atoms with Gasteiger partial charge in [-0.05, 0) is 42.7 Å². The van der Waals surface area contributed by atoms with E-state index in [1.807, 2.05) is 0 Å². The maximum Gasteiger partial charge on any atom is 0.267 e. The van der Waals surface area contributed by atoms with Gasteiger partial charge in [0.05, 0.1) is 0 Å². The Morgan fingerprint density at radius 2 is 1.95 bits per heavy atom. The molecule has 0 aliphatic rings. The molecule has 4 nitrogen and oxygen atoms in total. The van der Waals surface area contributed by atoms with Crippen molar-refractivity contribution in [3.63, 3.8) is 0 Å². The summed E-state index contributed by atoms with van der Waals surface area (Å²) in [5.74, 6) is -0.740. The smallest absolute Gasteiger partial charge is 0.267 e. The zero-order chi connectivity index (χ0) is 14.7. The van der Waals surface area contributed by atoms with Crippen LogP contribution >= 0.6 is 0 Å². The SMILES string of the molecule is Cc1cc(CNc2ccnc(C(N)=O)c2)cc(C)c1F. The number of nitrogens with two attached hydrogens (primary N) is 1. The van der Waals surface area contributed by atoms with Crippen LogP contribution in [0.2, 0.25) is 0 Å². The van der Waals surface area contributed by atoms with Crippen molar-refractivity contribution in [1.82, 2.24) is 4.98 Å². The van der Waals surface area contributed by atoms with Crippen molar-refractivity contribution in [2.75, 3.05) is 5.32 Å². The lowest BCUT2D eigenvalue weighted by Gasteiger charge is -2.10. The van der Waals surface area contributed by atoms with Gasteiger partial charge in [0.1, 0.15) is 11.5 Å². The van der Waals surface area contributed by atoms with E-state index in [-0.39, 0.29) is 11.5 Å². The van der Waals surface area contributed by atoms with E-state index in [9.17, 15) is 9.18 Å². The van der Waals surface area contributed by atoms with E-state index < -0.39 is 5.91 Å². The Morgan fingerprint density at radius 1 is 1.30 bits per heavy atom. The van der Waals surface area contributed by atoms with E-state index in [1.165, 1.54) is 6.20 Å². The van der Waals surface area contributed by atoms with Gasteiger partial charge < -0.3 is 11.1 Å². The van der Waals surface area contributed by atoms with Crippen molar-refractivity contribution in [1.29, 1.82) is 0 Å². The summed E-state index contributed by atoms with van der Waals surface area (Å²) in [5.41, 5.74) is 8.34. The number of nitrogens with zero attached hydrogens (tertiary/aromatic N) is 1. The standard InChI is InChI=1S/C15H16FN3O/c1-9-5-11(6-10(2)14(9)16)8-19-12-3-4-18-13(7-12)15(17)20/h3-7H,8H2,1-2H3,(H2,17,20)(H,18,19). The molecule has 1 aromatic carbocycles. The minimum Gasteiger partial charge on any atom is -0.381 e. The van der Waals surface area contributed by atoms with Crippen molar-refractivity contribution in [3.8, 4) is 0 Å². The topological polar surface area (TPSA) is 68.0 Å². The highest BCUT2D eigenvalue weighted by molar-refractivity contribution is 5.91. The fourth-order valence-electron chi connectivity index (χ4n) is 2.02. The first-order valence-electron chi connectivity index (χ1n) is 6.22. The number of carbonyl (C=O) groups excluding carboxylic acids is 1. The molecule has 2 rings (SSSR count). The molecule has 1 aromatic heterocycles. The second-order valence-corrected chi connectivity index (χ2v) is 4.69. The molecular weight excluding hydrogens is 257 g/mol. The monoisotopic (exact) mass is 273 g/mol. The molecule has 0 radical (unpaired) electrons. The Morgan fingerprint density at radius 3 is 2.55 bits per heavy atom. The highest BCUT2D eigenvalue weighted by Crippen LogP contribution is 2.16. The number of aryl methyl sites for hydroxylation is 2. The average molecular weight is 273 g/mol. The van der Waals surface area contributed by atoms with Gasteiger partial charge >= 0.3 is 0 Å². The largest absolute Gasteiger partial charge is 0.381 e. The van der Waals surface area contributed by atoms with Gasteiger partial charge in [-0.3, -0.25) is 9.78 Å². The van der Waals surface area contributed by atoms with Crippen LogP contribution in [0.25, 0.3) is 0 Å². The number of pyridine rings is 1. The maximum atomic E-state index is 13.5. The van der Waals surface area contributed by atoms with Crippen LogP contribution in [0.3, 0.4) is 0 Å². The minimum absolute atomic E-state index is 0.173. The molecule has 0 atom stereocenters. The number of nitrogens with one attached hydrogen (secondary N) is 1. The lowest BCUT2D eigenvalue weighted by atomic mass is 10.1. The van der Waals surface area contributed by atoms with Crippen LogP contribution < -0.4 is 11.1 Å². The Labute approximate surface area is 116 Å². The fraction of sp³-hybridized carbons (Fsp3) is 0.200. The van der Waals surface area contributed by atoms with Gasteiger partial charge in [-0.1, -0.05) is 12.1 Å². The number of benzene rings is 1. The van der Waals surface area contributed by atoms with E-state index >= 15 is 0 Å². The number of carbonyl (C=O) groups is 1. The van der Waals surface area contributed by atoms with Crippen LogP contribution in [0.1, 0.15) is 27.2 Å². The predicted molar refractivity (Wildman–Crippen MR) is 76.0 cm³/mol. The number of hydrogen-bond donors (Lipinski definition) is 2. The predicted octanol–water partition coefficient (Wildman–Crippen LogP) is 2.55. The highest BCUT2D eigenvalue weighted by Gasteiger charge is 2.05. The van der Waals surface area contributed by atoms with Gasteiger partial charge in [0, 0.05) is 18.4 Å². The molecule has 0 saturated carbocycles. The van der Waals surface area contributed by atoms with Crippen LogP contribution in [-0.4, -0.2) is 10.9 Å². The van der Waals surface area contributed by atoms with Gasteiger partial charge in [-0.25, -0.2) is 4.39 Å². The van der Waals surface area contributed by atoms with Crippen LogP contribution in [0.5, 0.6) is 0 Å². The molecular formula is C15H16FN3O. The lowest BCUT2D eigenvalue weighted by molar-refractivity contribution is 0.0995. The van der Waals surface area contributed by atoms with E-state index in [4.69, 9.17) is 5.73 Å². The number of rotatable bonds is 4. The molecule has 0 aliphatic heterocycles. The summed E-state index contributed by atoms with van der Waals surface area (Å²) in [6.45, 7) is 4.01. The molecule has 0 bridgehead atoms. The Bertz CT molecular complexity index is 632. The zero-order valence-electron chi connectivity index (χ0n) is 11.4. The quantitative estimate of drug-likeness (QED) is 0.899. The third-order valence-corrected chi connectivity index (χ3v) is 3.01. The van der Waals surface area contributed by atoms with Gasteiger partial charge in [-0.15, -0.1) is 0 Å². The van der Waals surface area contributed by atoms with Gasteiger partial charge in [-0.2, -0.15) is 0 Å². The summed E-state index contributed by atoms with van der Waals surface area (Å²) in [4.78, 5) is 14.9. The van der Waals surface area contributed by atoms with Crippen molar-refractivity contribution < 1.29 is 9.18 Å². The van der Waals surface area contributed by atoms with Crippen molar-refractivity contribution in [2.45, 2.75) is 20.4 Å². The summed E-state index contributed by atoms with van der Waals surface area (Å²) in [7, 11) is 0. The summed E-state index contributed by atoms with van der Waals surface area (Å²) in [6.07, 6.45) is 1.52. The van der Waals surface area contributed by atoms with E-state index in [1.54, 1.807) is 38.1 Å². The molecule has 104 valence electrons. The highest BCUT2D eigenvalue weighted by atomic mass is 19.1. The summed E-state index contributed by atoms with van der Waals surface area (Å²) in [6, 6.07) is 6.93. The van der Waals surface area contributed by atoms with Crippen molar-refractivity contribution in [3.05, 3.63) is 58.7 Å². The molecule has 0 unspecified atom stereocenters. The molecule has 0 spiro atoms. The zero-order valence-corrected chi connectivity index (χ0v) is 11.4. The third-order valence-electron chi connectivity index (χ3n) is 3.01. The van der Waals surface area contributed by atoms with Crippen molar-refractivity contribution in [2.24, 2.45) is 5.73 Å². The van der Waals surface area contributed by atoms with Gasteiger partial charge in [0.25, 0.3) is 5.91 Å². The number of amides is 1. The van der Waals surface area contributed by atoms with E-state index in [0.717, 1.165) is 11.3 Å². The number of primary amides is 1. The van der Waals surface area contributed by atoms with Crippen LogP contribution in [0.15, 0.2) is 30.5 Å². The molecule has 20 heavy (non-hydrogen) atoms. The Hall–Kier alpha value is -2.43. The fourth-order valence-corrected chi connectivity index (χ4v) is 2.02. The van der Waals surface area contributed by atoms with Crippen LogP contribution in [0.4, 0.5) is 10.1 Å². The van der Waals surface area contributed by atoms with Crippen LogP contribution in [0, 0.1) is 19.7 Å². The molecule has 0 saturated heterocycles. The number of aromatic nitrogens is 1. The number of anilines is 1. The normalized spacial score (nSPS) is 10.3. The number of halogens is 1. The summed E-state index contributed by atoms with van der Waals surface area (Å²) in [5, 5.41) is 3.16. The second kappa shape index (κ2) is 5.69. The molecule has 1 amide bonds.